The van der Waals surface area contributed by atoms with Gasteiger partial charge in [-0.2, -0.15) is 5.10 Å². The van der Waals surface area contributed by atoms with Crippen LogP contribution in [-0.4, -0.2) is 39.2 Å². The van der Waals surface area contributed by atoms with Crippen LogP contribution in [0.25, 0.3) is 10.8 Å². The number of nitrogens with zero attached hydrogens (tertiary/aromatic N) is 3. The fourth-order valence-corrected chi connectivity index (χ4v) is 3.06. The summed E-state index contributed by atoms with van der Waals surface area (Å²) < 4.78 is 5.62. The summed E-state index contributed by atoms with van der Waals surface area (Å²) >= 11 is 1.28. The topological polar surface area (TPSA) is 92.8 Å². The number of ether oxygens (including phenoxy) is 1. The molecule has 1 amide bonds. The van der Waals surface area contributed by atoms with Crippen molar-refractivity contribution in [1.82, 2.24) is 25.5 Å². The van der Waals surface area contributed by atoms with E-state index in [1.165, 1.54) is 17.7 Å². The first-order chi connectivity index (χ1) is 11.6. The number of aryl methyl sites for hydroxylation is 2. The average Bonchev–Trinajstić information content (AvgIpc) is 3.21. The number of rotatable bonds is 6. The molecule has 0 aliphatic carbocycles. The second-order valence-corrected chi connectivity index (χ2v) is 6.19. The Kier molecular flexibility index (Phi) is 4.85. The first-order valence-electron chi connectivity index (χ1n) is 7.44. The first-order valence-corrected chi connectivity index (χ1v) is 8.26. The summed E-state index contributed by atoms with van der Waals surface area (Å²) in [5, 5.41) is 10.0. The summed E-state index contributed by atoms with van der Waals surface area (Å²) in [4.78, 5) is 21.2. The van der Waals surface area contributed by atoms with Crippen molar-refractivity contribution in [2.45, 2.75) is 13.8 Å². The molecule has 0 saturated carbocycles. The molecule has 7 nitrogen and oxygen atoms in total. The predicted octanol–water partition coefficient (Wildman–Crippen LogP) is 2.35. The Balaban J connectivity index is 1.54. The van der Waals surface area contributed by atoms with Gasteiger partial charge in [0.05, 0.1) is 12.2 Å². The molecule has 0 saturated heterocycles. The van der Waals surface area contributed by atoms with E-state index in [-0.39, 0.29) is 5.91 Å². The third-order valence-corrected chi connectivity index (χ3v) is 4.43. The summed E-state index contributed by atoms with van der Waals surface area (Å²) in [5.74, 6) is 1.19. The van der Waals surface area contributed by atoms with E-state index in [0.717, 1.165) is 11.3 Å². The van der Waals surface area contributed by atoms with Crippen molar-refractivity contribution in [1.29, 1.82) is 0 Å². The standard InChI is InChI=1S/C16H17N5O2S/c1-10-4-3-5-12(8-10)23-7-6-17-15(22)13-11(2)20-16(24-13)14-18-9-19-21-14/h3-5,8-9H,6-7H2,1-2H3,(H,17,22)(H,18,19,21). The van der Waals surface area contributed by atoms with Crippen molar-refractivity contribution in [3.05, 3.63) is 46.7 Å². The van der Waals surface area contributed by atoms with Crippen LogP contribution in [0, 0.1) is 13.8 Å². The van der Waals surface area contributed by atoms with Gasteiger partial charge in [0.15, 0.2) is 10.8 Å². The van der Waals surface area contributed by atoms with Crippen molar-refractivity contribution in [2.24, 2.45) is 0 Å². The van der Waals surface area contributed by atoms with Gasteiger partial charge in [0, 0.05) is 0 Å². The number of aromatic amines is 1. The van der Waals surface area contributed by atoms with E-state index in [4.69, 9.17) is 4.74 Å². The minimum absolute atomic E-state index is 0.163. The van der Waals surface area contributed by atoms with E-state index in [0.29, 0.717) is 34.6 Å². The van der Waals surface area contributed by atoms with Crippen molar-refractivity contribution in [2.75, 3.05) is 13.2 Å². The fraction of sp³-hybridized carbons (Fsp3) is 0.250. The number of aromatic nitrogens is 4. The van der Waals surface area contributed by atoms with E-state index in [1.54, 1.807) is 6.92 Å². The summed E-state index contributed by atoms with van der Waals surface area (Å²) in [6.07, 6.45) is 1.41. The van der Waals surface area contributed by atoms with E-state index in [9.17, 15) is 4.79 Å². The normalized spacial score (nSPS) is 10.6. The molecule has 3 rings (SSSR count). The van der Waals surface area contributed by atoms with Gasteiger partial charge in [-0.3, -0.25) is 9.89 Å². The molecule has 8 heteroatoms. The van der Waals surface area contributed by atoms with Gasteiger partial charge in [-0.25, -0.2) is 9.97 Å². The van der Waals surface area contributed by atoms with Gasteiger partial charge >= 0.3 is 0 Å². The lowest BCUT2D eigenvalue weighted by Crippen LogP contribution is -2.27. The fourth-order valence-electron chi connectivity index (χ4n) is 2.14. The Morgan fingerprint density at radius 2 is 2.25 bits per heavy atom. The highest BCUT2D eigenvalue weighted by molar-refractivity contribution is 7.17. The SMILES string of the molecule is Cc1cccc(OCCNC(=O)c2sc(-c3ncn[nH]3)nc2C)c1. The van der Waals surface area contributed by atoms with Gasteiger partial charge < -0.3 is 10.1 Å². The highest BCUT2D eigenvalue weighted by Crippen LogP contribution is 2.24. The molecule has 2 aromatic heterocycles. The number of carbonyl (C=O) groups excluding carboxylic acids is 1. The molecule has 1 aromatic carbocycles. The van der Waals surface area contributed by atoms with Crippen LogP contribution in [0.3, 0.4) is 0 Å². The lowest BCUT2D eigenvalue weighted by molar-refractivity contribution is 0.0950. The lowest BCUT2D eigenvalue weighted by Gasteiger charge is -2.07. The average molecular weight is 343 g/mol. The molecule has 0 spiro atoms. The third kappa shape index (κ3) is 3.77. The number of amides is 1. The van der Waals surface area contributed by atoms with E-state index in [1.807, 2.05) is 31.2 Å². The van der Waals surface area contributed by atoms with Crippen LogP contribution in [0.2, 0.25) is 0 Å². The van der Waals surface area contributed by atoms with Crippen LogP contribution in [-0.2, 0) is 0 Å². The number of H-pyrrole nitrogens is 1. The van der Waals surface area contributed by atoms with Gasteiger partial charge in [-0.05, 0) is 31.5 Å². The van der Waals surface area contributed by atoms with Gasteiger partial charge in [0.25, 0.3) is 5.91 Å². The Bertz CT molecular complexity index is 829. The first kappa shape index (κ1) is 16.1. The van der Waals surface area contributed by atoms with Crippen molar-refractivity contribution >= 4 is 17.2 Å². The number of nitrogens with one attached hydrogen (secondary N) is 2. The molecular formula is C16H17N5O2S. The Morgan fingerprint density at radius 3 is 3.00 bits per heavy atom. The van der Waals surface area contributed by atoms with Crippen LogP contribution in [0.4, 0.5) is 0 Å². The second kappa shape index (κ2) is 7.22. The smallest absolute Gasteiger partial charge is 0.263 e. The Labute approximate surface area is 143 Å². The molecule has 0 fully saturated rings. The summed E-state index contributed by atoms with van der Waals surface area (Å²) in [5.41, 5.74) is 1.81. The van der Waals surface area contributed by atoms with Gasteiger partial charge in [-0.1, -0.05) is 12.1 Å². The maximum atomic E-state index is 12.3. The Morgan fingerprint density at radius 1 is 1.38 bits per heavy atom. The minimum atomic E-state index is -0.163. The molecule has 2 N–H and O–H groups in total. The summed E-state index contributed by atoms with van der Waals surface area (Å²) in [6.45, 7) is 4.63. The molecule has 0 atom stereocenters. The van der Waals surface area contributed by atoms with Crippen LogP contribution in [0.5, 0.6) is 5.75 Å². The number of thiazole rings is 1. The van der Waals surface area contributed by atoms with Gasteiger partial charge in [-0.15, -0.1) is 11.3 Å². The van der Waals surface area contributed by atoms with Gasteiger partial charge in [0.1, 0.15) is 23.6 Å². The molecule has 0 radical (unpaired) electrons. The minimum Gasteiger partial charge on any atom is -0.492 e. The molecule has 2 heterocycles. The van der Waals surface area contributed by atoms with Crippen molar-refractivity contribution in [3.8, 4) is 16.6 Å². The van der Waals surface area contributed by atoms with Crippen LogP contribution in [0.1, 0.15) is 20.9 Å². The maximum absolute atomic E-state index is 12.3. The van der Waals surface area contributed by atoms with Crippen molar-refractivity contribution in [3.63, 3.8) is 0 Å². The van der Waals surface area contributed by atoms with Crippen LogP contribution in [0.15, 0.2) is 30.6 Å². The zero-order valence-electron chi connectivity index (χ0n) is 13.4. The van der Waals surface area contributed by atoms with Crippen molar-refractivity contribution < 1.29 is 9.53 Å². The molecule has 0 aliphatic heterocycles. The number of carbonyl (C=O) groups is 1. The third-order valence-electron chi connectivity index (χ3n) is 3.27. The highest BCUT2D eigenvalue weighted by Gasteiger charge is 2.17. The van der Waals surface area contributed by atoms with E-state index < -0.39 is 0 Å². The van der Waals surface area contributed by atoms with Crippen LogP contribution >= 0.6 is 11.3 Å². The largest absolute Gasteiger partial charge is 0.492 e. The van der Waals surface area contributed by atoms with Crippen LogP contribution < -0.4 is 10.1 Å². The monoisotopic (exact) mass is 343 g/mol. The summed E-state index contributed by atoms with van der Waals surface area (Å²) in [7, 11) is 0. The number of benzene rings is 1. The zero-order valence-corrected chi connectivity index (χ0v) is 14.2. The highest BCUT2D eigenvalue weighted by atomic mass is 32.1. The van der Waals surface area contributed by atoms with E-state index in [2.05, 4.69) is 25.5 Å². The molecular weight excluding hydrogens is 326 g/mol. The molecule has 3 aromatic rings. The molecule has 0 bridgehead atoms. The maximum Gasteiger partial charge on any atom is 0.263 e. The number of hydrogen-bond acceptors (Lipinski definition) is 6. The van der Waals surface area contributed by atoms with E-state index >= 15 is 0 Å². The molecule has 0 unspecified atom stereocenters. The quantitative estimate of drug-likeness (QED) is 0.670. The Hall–Kier alpha value is -2.74. The number of hydrogen-bond donors (Lipinski definition) is 2. The second-order valence-electron chi connectivity index (χ2n) is 5.19. The molecule has 124 valence electrons. The molecule has 24 heavy (non-hydrogen) atoms. The lowest BCUT2D eigenvalue weighted by atomic mass is 10.2. The zero-order chi connectivity index (χ0) is 16.9. The van der Waals surface area contributed by atoms with Gasteiger partial charge in [0.2, 0.25) is 0 Å². The predicted molar refractivity (Wildman–Crippen MR) is 91.2 cm³/mol. The summed E-state index contributed by atoms with van der Waals surface area (Å²) in [6, 6.07) is 7.80. The molecule has 0 aliphatic rings.